The van der Waals surface area contributed by atoms with Crippen LogP contribution in [0, 0.1) is 5.92 Å². The maximum absolute atomic E-state index is 12.0. The fourth-order valence-electron chi connectivity index (χ4n) is 3.90. The van der Waals surface area contributed by atoms with E-state index in [-0.39, 0.29) is 18.1 Å². The van der Waals surface area contributed by atoms with Crippen LogP contribution in [-0.2, 0) is 9.53 Å². The van der Waals surface area contributed by atoms with E-state index in [9.17, 15) is 4.79 Å². The van der Waals surface area contributed by atoms with Gasteiger partial charge in [0, 0.05) is 36.8 Å². The summed E-state index contributed by atoms with van der Waals surface area (Å²) in [7, 11) is 0. The minimum absolute atomic E-state index is 0.103. The molecule has 0 saturated carbocycles. The fraction of sp³-hybridized carbons (Fsp3) is 0.737. The summed E-state index contributed by atoms with van der Waals surface area (Å²) in [5.74, 6) is 0.513. The maximum Gasteiger partial charge on any atom is 0.224 e. The minimum Gasteiger partial charge on any atom is -0.372 e. The van der Waals surface area contributed by atoms with Crippen molar-refractivity contribution in [1.82, 2.24) is 10.2 Å². The van der Waals surface area contributed by atoms with Crippen LogP contribution in [-0.4, -0.2) is 42.6 Å². The molecule has 3 atom stereocenters. The van der Waals surface area contributed by atoms with Crippen LogP contribution in [0.1, 0.15) is 53.4 Å². The Bertz CT molecular complexity index is 503. The van der Waals surface area contributed by atoms with Gasteiger partial charge in [0.2, 0.25) is 5.91 Å². The predicted molar refractivity (Wildman–Crippen MR) is 97.2 cm³/mol. The van der Waals surface area contributed by atoms with E-state index < -0.39 is 0 Å². The third kappa shape index (κ3) is 5.08. The molecule has 1 unspecified atom stereocenters. The lowest BCUT2D eigenvalue weighted by atomic mass is 9.90. The number of carbonyl (C=O) groups excluding carboxylic acids is 1. The molecule has 1 fully saturated rings. The predicted octanol–water partition coefficient (Wildman–Crippen LogP) is 2.54. The summed E-state index contributed by atoms with van der Waals surface area (Å²) in [6, 6.07) is 0. The van der Waals surface area contributed by atoms with E-state index in [2.05, 4.69) is 44.0 Å². The molecule has 1 saturated heterocycles. The van der Waals surface area contributed by atoms with Gasteiger partial charge in [-0.15, -0.1) is 0 Å². The average molecular weight is 335 g/mol. The van der Waals surface area contributed by atoms with Crippen LogP contribution < -0.4 is 11.1 Å². The van der Waals surface area contributed by atoms with E-state index in [1.165, 1.54) is 11.3 Å². The number of unbranched alkanes of at least 4 members (excludes halogenated alkanes) is 1. The largest absolute Gasteiger partial charge is 0.372 e. The number of hydrogen-bond acceptors (Lipinski definition) is 4. The van der Waals surface area contributed by atoms with E-state index in [0.717, 1.165) is 38.0 Å². The van der Waals surface area contributed by atoms with Gasteiger partial charge in [-0.3, -0.25) is 4.79 Å². The Balaban J connectivity index is 2.03. The van der Waals surface area contributed by atoms with E-state index in [0.29, 0.717) is 18.9 Å². The van der Waals surface area contributed by atoms with Crippen molar-refractivity contribution >= 4 is 5.91 Å². The summed E-state index contributed by atoms with van der Waals surface area (Å²) >= 11 is 0. The Kier molecular flexibility index (Phi) is 6.87. The van der Waals surface area contributed by atoms with Gasteiger partial charge >= 0.3 is 0 Å². The standard InChI is InChI=1S/C19H33N3O2/c1-13-9-17(21-18(23)7-5-6-8-20)10-14(2)19(13)22-11-15(3)24-16(4)12-22/h9,14-16H,5-8,10-12,20H2,1-4H3,(H,21,23)/t14?,15-,16+. The number of amides is 1. The van der Waals surface area contributed by atoms with Crippen molar-refractivity contribution in [2.45, 2.75) is 65.6 Å². The molecule has 3 N–H and O–H groups in total. The van der Waals surface area contributed by atoms with Crippen LogP contribution >= 0.6 is 0 Å². The smallest absolute Gasteiger partial charge is 0.224 e. The Hall–Kier alpha value is -1.33. The van der Waals surface area contributed by atoms with Crippen LogP contribution in [0.5, 0.6) is 0 Å². The summed E-state index contributed by atoms with van der Waals surface area (Å²) < 4.78 is 5.85. The van der Waals surface area contributed by atoms with Gasteiger partial charge in [-0.25, -0.2) is 0 Å². The lowest BCUT2D eigenvalue weighted by Crippen LogP contribution is -2.46. The summed E-state index contributed by atoms with van der Waals surface area (Å²) in [4.78, 5) is 14.5. The van der Waals surface area contributed by atoms with Gasteiger partial charge in [-0.05, 0) is 58.2 Å². The number of ether oxygens (including phenoxy) is 1. The van der Waals surface area contributed by atoms with Crippen LogP contribution in [0.15, 0.2) is 23.0 Å². The molecule has 0 bridgehead atoms. The Morgan fingerprint density at radius 3 is 2.54 bits per heavy atom. The van der Waals surface area contributed by atoms with Crippen LogP contribution in [0.25, 0.3) is 0 Å². The third-order valence-corrected chi connectivity index (χ3v) is 4.71. The second kappa shape index (κ2) is 8.67. The molecule has 0 aromatic carbocycles. The van der Waals surface area contributed by atoms with E-state index in [1.54, 1.807) is 0 Å². The second-order valence-electron chi connectivity index (χ2n) is 7.30. The maximum atomic E-state index is 12.0. The van der Waals surface area contributed by atoms with Gasteiger partial charge in [-0.2, -0.15) is 0 Å². The molecule has 1 aliphatic carbocycles. The van der Waals surface area contributed by atoms with Crippen LogP contribution in [0.2, 0.25) is 0 Å². The highest BCUT2D eigenvalue weighted by atomic mass is 16.5. The van der Waals surface area contributed by atoms with E-state index >= 15 is 0 Å². The molecule has 0 radical (unpaired) electrons. The van der Waals surface area contributed by atoms with Crippen molar-refractivity contribution in [1.29, 1.82) is 0 Å². The molecule has 1 heterocycles. The lowest BCUT2D eigenvalue weighted by Gasteiger charge is -2.42. The lowest BCUT2D eigenvalue weighted by molar-refractivity contribution is -0.120. The number of nitrogens with two attached hydrogens (primary N) is 1. The quantitative estimate of drug-likeness (QED) is 0.732. The first-order chi connectivity index (χ1) is 11.4. The first-order valence-electron chi connectivity index (χ1n) is 9.22. The summed E-state index contributed by atoms with van der Waals surface area (Å²) in [5.41, 5.74) is 9.17. The number of nitrogens with one attached hydrogen (secondary N) is 1. The highest BCUT2D eigenvalue weighted by molar-refractivity contribution is 5.77. The van der Waals surface area contributed by atoms with Crippen LogP contribution in [0.3, 0.4) is 0 Å². The van der Waals surface area contributed by atoms with Gasteiger partial charge < -0.3 is 20.7 Å². The molecule has 0 aromatic heterocycles. The fourth-order valence-corrected chi connectivity index (χ4v) is 3.90. The van der Waals surface area contributed by atoms with Crippen molar-refractivity contribution in [3.63, 3.8) is 0 Å². The van der Waals surface area contributed by atoms with Gasteiger partial charge in [0.1, 0.15) is 0 Å². The molecule has 1 amide bonds. The summed E-state index contributed by atoms with van der Waals surface area (Å²) in [5, 5.41) is 3.08. The molecule has 5 heteroatoms. The molecule has 2 aliphatic rings. The SMILES string of the molecule is CC1=C(N2C[C@@H](C)O[C@@H](C)C2)C(C)CC(NC(=O)CCCCN)=C1. The molecule has 0 aromatic rings. The molecular weight excluding hydrogens is 302 g/mol. The molecule has 0 spiro atoms. The van der Waals surface area contributed by atoms with Crippen molar-refractivity contribution < 1.29 is 9.53 Å². The number of rotatable bonds is 6. The molecule has 136 valence electrons. The Morgan fingerprint density at radius 1 is 1.29 bits per heavy atom. The molecular formula is C19H33N3O2. The normalized spacial score (nSPS) is 28.0. The molecule has 2 rings (SSSR count). The average Bonchev–Trinajstić information content (AvgIpc) is 2.45. The number of allylic oxidation sites excluding steroid dienone is 4. The summed E-state index contributed by atoms with van der Waals surface area (Å²) in [6.45, 7) is 11.2. The number of morpholine rings is 1. The molecule has 24 heavy (non-hydrogen) atoms. The second-order valence-corrected chi connectivity index (χ2v) is 7.30. The first kappa shape index (κ1) is 19.0. The third-order valence-electron chi connectivity index (χ3n) is 4.71. The topological polar surface area (TPSA) is 67.6 Å². The zero-order valence-corrected chi connectivity index (χ0v) is 15.6. The highest BCUT2D eigenvalue weighted by Crippen LogP contribution is 2.32. The summed E-state index contributed by atoms with van der Waals surface area (Å²) in [6.07, 6.45) is 5.85. The van der Waals surface area contributed by atoms with E-state index in [4.69, 9.17) is 10.5 Å². The number of carbonyl (C=O) groups is 1. The van der Waals surface area contributed by atoms with Crippen molar-refractivity contribution in [2.24, 2.45) is 11.7 Å². The number of hydrogen-bond donors (Lipinski definition) is 2. The van der Waals surface area contributed by atoms with Crippen LogP contribution in [0.4, 0.5) is 0 Å². The highest BCUT2D eigenvalue weighted by Gasteiger charge is 2.29. The molecule has 1 aliphatic heterocycles. The number of nitrogens with zero attached hydrogens (tertiary/aromatic N) is 1. The zero-order chi connectivity index (χ0) is 17.7. The Morgan fingerprint density at radius 2 is 1.96 bits per heavy atom. The first-order valence-corrected chi connectivity index (χ1v) is 9.22. The van der Waals surface area contributed by atoms with E-state index in [1.807, 2.05) is 0 Å². The van der Waals surface area contributed by atoms with Gasteiger partial charge in [-0.1, -0.05) is 6.92 Å². The zero-order valence-electron chi connectivity index (χ0n) is 15.6. The van der Waals surface area contributed by atoms with Crippen molar-refractivity contribution in [3.8, 4) is 0 Å². The van der Waals surface area contributed by atoms with Crippen molar-refractivity contribution in [2.75, 3.05) is 19.6 Å². The Labute approximate surface area is 146 Å². The van der Waals surface area contributed by atoms with Crippen molar-refractivity contribution in [3.05, 3.63) is 23.0 Å². The van der Waals surface area contributed by atoms with Gasteiger partial charge in [0.05, 0.1) is 12.2 Å². The molecule has 5 nitrogen and oxygen atoms in total. The van der Waals surface area contributed by atoms with Gasteiger partial charge in [0.15, 0.2) is 0 Å². The monoisotopic (exact) mass is 335 g/mol. The van der Waals surface area contributed by atoms with Gasteiger partial charge in [0.25, 0.3) is 0 Å². The minimum atomic E-state index is 0.103.